The third-order valence-electron chi connectivity index (χ3n) is 5.18. The first-order valence-electron chi connectivity index (χ1n) is 10.3. The van der Waals surface area contributed by atoms with E-state index in [4.69, 9.17) is 4.74 Å². The predicted octanol–water partition coefficient (Wildman–Crippen LogP) is 4.38. The summed E-state index contributed by atoms with van der Waals surface area (Å²) in [6.07, 6.45) is 0.0153. The average Bonchev–Trinajstić information content (AvgIpc) is 2.81. The number of fused-ring (bicyclic) bond motifs is 1. The number of Topliss-reactive ketones (excluding diaryl/α,β-unsaturated/α-hetero) is 1. The molecular formula is C26H22N2O4. The second kappa shape index (κ2) is 9.39. The summed E-state index contributed by atoms with van der Waals surface area (Å²) in [5.74, 6) is -0.635. The second-order valence-corrected chi connectivity index (χ2v) is 7.47. The highest BCUT2D eigenvalue weighted by molar-refractivity contribution is 5.97. The quantitative estimate of drug-likeness (QED) is 0.324. The molecule has 6 nitrogen and oxygen atoms in total. The summed E-state index contributed by atoms with van der Waals surface area (Å²) in [6.45, 7) is 1.71. The number of nitrogens with zero attached hydrogens (tertiary/aromatic N) is 2. The fourth-order valence-corrected chi connectivity index (χ4v) is 3.50. The minimum Gasteiger partial charge on any atom is -0.459 e. The third kappa shape index (κ3) is 4.81. The van der Waals surface area contributed by atoms with Crippen molar-refractivity contribution in [1.29, 1.82) is 0 Å². The SMILES string of the molecule is Cc1cccc2nc(COC(=O)CCC(=O)c3ccc(-c4ccccc4)cc3)cc(=O)n12. The zero-order valence-electron chi connectivity index (χ0n) is 17.7. The molecule has 0 N–H and O–H groups in total. The van der Waals surface area contributed by atoms with Crippen molar-refractivity contribution in [3.63, 3.8) is 0 Å². The van der Waals surface area contributed by atoms with Gasteiger partial charge < -0.3 is 4.74 Å². The van der Waals surface area contributed by atoms with Crippen LogP contribution in [0.25, 0.3) is 16.8 Å². The molecule has 32 heavy (non-hydrogen) atoms. The first kappa shape index (κ1) is 21.2. The summed E-state index contributed by atoms with van der Waals surface area (Å²) in [5.41, 5.74) is 4.07. The summed E-state index contributed by atoms with van der Waals surface area (Å²) in [5, 5.41) is 0. The standard InChI is InChI=1S/C26H22N2O4/c1-18-6-5-9-24-27-22(16-25(30)28(18)24)17-32-26(31)15-14-23(29)21-12-10-20(11-13-21)19-7-3-2-4-8-19/h2-13,16H,14-15,17H2,1H3. The van der Waals surface area contributed by atoms with Crippen LogP contribution in [-0.4, -0.2) is 21.1 Å². The van der Waals surface area contributed by atoms with Gasteiger partial charge in [-0.25, -0.2) is 4.98 Å². The fourth-order valence-electron chi connectivity index (χ4n) is 3.50. The lowest BCUT2D eigenvalue weighted by Crippen LogP contribution is -2.18. The highest BCUT2D eigenvalue weighted by atomic mass is 16.5. The number of carbonyl (C=O) groups excluding carboxylic acids is 2. The van der Waals surface area contributed by atoms with Crippen molar-refractivity contribution >= 4 is 17.4 Å². The Kier molecular flexibility index (Phi) is 6.22. The van der Waals surface area contributed by atoms with E-state index in [1.165, 1.54) is 10.5 Å². The van der Waals surface area contributed by atoms with Crippen molar-refractivity contribution in [1.82, 2.24) is 9.38 Å². The Bertz CT molecular complexity index is 1330. The Balaban J connectivity index is 1.32. The summed E-state index contributed by atoms with van der Waals surface area (Å²) in [4.78, 5) is 41.2. The van der Waals surface area contributed by atoms with Gasteiger partial charge in [-0.3, -0.25) is 18.8 Å². The number of esters is 1. The Labute approximate surface area is 185 Å². The van der Waals surface area contributed by atoms with E-state index in [2.05, 4.69) is 4.98 Å². The Morgan fingerprint density at radius 1 is 0.875 bits per heavy atom. The zero-order chi connectivity index (χ0) is 22.5. The molecule has 0 atom stereocenters. The highest BCUT2D eigenvalue weighted by Crippen LogP contribution is 2.20. The molecule has 160 valence electrons. The van der Waals surface area contributed by atoms with Gasteiger partial charge in [-0.2, -0.15) is 0 Å². The molecule has 0 fully saturated rings. The molecule has 0 aliphatic carbocycles. The van der Waals surface area contributed by atoms with Crippen LogP contribution in [0.15, 0.2) is 83.7 Å². The van der Waals surface area contributed by atoms with Gasteiger partial charge >= 0.3 is 5.97 Å². The smallest absolute Gasteiger partial charge is 0.306 e. The van der Waals surface area contributed by atoms with Crippen LogP contribution in [0.1, 0.15) is 34.6 Å². The molecule has 2 aromatic heterocycles. The minimum atomic E-state index is -0.509. The van der Waals surface area contributed by atoms with Crippen LogP contribution in [0.3, 0.4) is 0 Å². The molecule has 0 saturated heterocycles. The zero-order valence-corrected chi connectivity index (χ0v) is 17.7. The first-order valence-corrected chi connectivity index (χ1v) is 10.3. The Hall–Kier alpha value is -4.06. The summed E-state index contributed by atoms with van der Waals surface area (Å²) >= 11 is 0. The summed E-state index contributed by atoms with van der Waals surface area (Å²) in [7, 11) is 0. The van der Waals surface area contributed by atoms with Crippen molar-refractivity contribution in [2.24, 2.45) is 0 Å². The Morgan fingerprint density at radius 3 is 2.34 bits per heavy atom. The first-order chi connectivity index (χ1) is 15.5. The molecule has 2 heterocycles. The van der Waals surface area contributed by atoms with Gasteiger partial charge in [0.25, 0.3) is 5.56 Å². The predicted molar refractivity (Wildman–Crippen MR) is 121 cm³/mol. The highest BCUT2D eigenvalue weighted by Gasteiger charge is 2.12. The molecule has 0 spiro atoms. The van der Waals surface area contributed by atoms with Crippen LogP contribution < -0.4 is 5.56 Å². The lowest BCUT2D eigenvalue weighted by molar-refractivity contribution is -0.145. The van der Waals surface area contributed by atoms with Crippen molar-refractivity contribution in [3.05, 3.63) is 106 Å². The maximum Gasteiger partial charge on any atom is 0.306 e. The summed E-state index contributed by atoms with van der Waals surface area (Å²) < 4.78 is 6.72. The van der Waals surface area contributed by atoms with E-state index in [-0.39, 0.29) is 30.8 Å². The monoisotopic (exact) mass is 426 g/mol. The fraction of sp³-hybridized carbons (Fsp3) is 0.154. The van der Waals surface area contributed by atoms with Gasteiger partial charge in [0.2, 0.25) is 0 Å². The van der Waals surface area contributed by atoms with Crippen LogP contribution in [0.5, 0.6) is 0 Å². The number of aryl methyl sites for hydroxylation is 1. The maximum absolute atomic E-state index is 12.4. The second-order valence-electron chi connectivity index (χ2n) is 7.47. The van der Waals surface area contributed by atoms with Gasteiger partial charge in [0.15, 0.2) is 5.78 Å². The van der Waals surface area contributed by atoms with Crippen LogP contribution in [0, 0.1) is 6.92 Å². The van der Waals surface area contributed by atoms with Crippen LogP contribution in [-0.2, 0) is 16.1 Å². The number of carbonyl (C=O) groups is 2. The van der Waals surface area contributed by atoms with Gasteiger partial charge in [-0.1, -0.05) is 60.7 Å². The number of benzene rings is 2. The van der Waals surface area contributed by atoms with E-state index in [0.29, 0.717) is 16.9 Å². The van der Waals surface area contributed by atoms with Gasteiger partial charge in [-0.15, -0.1) is 0 Å². The topological polar surface area (TPSA) is 77.7 Å². The molecule has 2 aromatic carbocycles. The van der Waals surface area contributed by atoms with E-state index in [1.807, 2.05) is 61.5 Å². The van der Waals surface area contributed by atoms with E-state index < -0.39 is 5.97 Å². The summed E-state index contributed by atoms with van der Waals surface area (Å²) in [6, 6.07) is 23.9. The lowest BCUT2D eigenvalue weighted by Gasteiger charge is -2.08. The van der Waals surface area contributed by atoms with Gasteiger partial charge in [0.05, 0.1) is 12.1 Å². The largest absolute Gasteiger partial charge is 0.459 e. The van der Waals surface area contributed by atoms with E-state index in [1.54, 1.807) is 18.2 Å². The number of hydrogen-bond acceptors (Lipinski definition) is 5. The molecule has 0 aliphatic heterocycles. The molecule has 6 heteroatoms. The average molecular weight is 426 g/mol. The molecule has 0 aliphatic rings. The lowest BCUT2D eigenvalue weighted by atomic mass is 10.0. The maximum atomic E-state index is 12.4. The van der Waals surface area contributed by atoms with E-state index >= 15 is 0 Å². The molecule has 0 bridgehead atoms. The van der Waals surface area contributed by atoms with Gasteiger partial charge in [0.1, 0.15) is 12.3 Å². The van der Waals surface area contributed by atoms with Crippen molar-refractivity contribution in [2.75, 3.05) is 0 Å². The Morgan fingerprint density at radius 2 is 1.59 bits per heavy atom. The van der Waals surface area contributed by atoms with Crippen molar-refractivity contribution in [2.45, 2.75) is 26.4 Å². The number of rotatable bonds is 7. The minimum absolute atomic E-state index is 0.0368. The number of pyridine rings is 1. The third-order valence-corrected chi connectivity index (χ3v) is 5.18. The van der Waals surface area contributed by atoms with Crippen LogP contribution >= 0.6 is 0 Å². The van der Waals surface area contributed by atoms with Gasteiger partial charge in [0, 0.05) is 23.7 Å². The van der Waals surface area contributed by atoms with Crippen molar-refractivity contribution < 1.29 is 14.3 Å². The van der Waals surface area contributed by atoms with Crippen molar-refractivity contribution in [3.8, 4) is 11.1 Å². The molecule has 0 saturated carbocycles. The molecule has 0 unspecified atom stereocenters. The van der Waals surface area contributed by atoms with Crippen LogP contribution in [0.4, 0.5) is 0 Å². The van der Waals surface area contributed by atoms with Gasteiger partial charge in [-0.05, 0) is 30.2 Å². The molecule has 4 aromatic rings. The molecule has 0 amide bonds. The number of hydrogen-bond donors (Lipinski definition) is 0. The van der Waals surface area contributed by atoms with E-state index in [0.717, 1.165) is 16.8 Å². The molecular weight excluding hydrogens is 404 g/mol. The number of ketones is 1. The van der Waals surface area contributed by atoms with E-state index in [9.17, 15) is 14.4 Å². The molecule has 0 radical (unpaired) electrons. The normalized spacial score (nSPS) is 10.8. The van der Waals surface area contributed by atoms with Crippen LogP contribution in [0.2, 0.25) is 0 Å². The number of aromatic nitrogens is 2. The number of ether oxygens (including phenoxy) is 1. The molecule has 4 rings (SSSR count).